The fourth-order valence-electron chi connectivity index (χ4n) is 3.77. The van der Waals surface area contributed by atoms with Crippen LogP contribution in [0.1, 0.15) is 41.9 Å². The van der Waals surface area contributed by atoms with E-state index in [9.17, 15) is 10.2 Å². The Kier molecular flexibility index (Phi) is 12.1. The number of terminal acetylenes is 1. The van der Waals surface area contributed by atoms with Crippen LogP contribution in [-0.2, 0) is 6.42 Å². The average Bonchev–Trinajstić information content (AvgIpc) is 2.78. The van der Waals surface area contributed by atoms with E-state index < -0.39 is 0 Å². The smallest absolute Gasteiger partial charge is 0.0549 e. The Hall–Kier alpha value is -1.48. The molecule has 3 rings (SSSR count). The second-order valence-corrected chi connectivity index (χ2v) is 8.27. The third kappa shape index (κ3) is 7.70. The number of hydrogen-bond acceptors (Lipinski definition) is 4. The molecule has 5 heteroatoms. The molecule has 3 nitrogen and oxygen atoms in total. The summed E-state index contributed by atoms with van der Waals surface area (Å²) < 4.78 is 0. The van der Waals surface area contributed by atoms with Crippen molar-refractivity contribution in [2.24, 2.45) is 5.92 Å². The molecule has 0 amide bonds. The summed E-state index contributed by atoms with van der Waals surface area (Å²) in [5.74, 6) is 0.475. The molecule has 3 atom stereocenters. The van der Waals surface area contributed by atoms with Crippen LogP contribution in [0.15, 0.2) is 47.4 Å². The van der Waals surface area contributed by atoms with Gasteiger partial charge in [0.15, 0.2) is 0 Å². The highest BCUT2D eigenvalue weighted by molar-refractivity contribution is 7.98. The van der Waals surface area contributed by atoms with Crippen LogP contribution in [0.2, 0.25) is 5.02 Å². The van der Waals surface area contributed by atoms with Gasteiger partial charge in [0.25, 0.3) is 0 Å². The molecule has 2 aromatic carbocycles. The van der Waals surface area contributed by atoms with Gasteiger partial charge in [-0.15, -0.1) is 24.6 Å². The maximum atomic E-state index is 10.1. The van der Waals surface area contributed by atoms with E-state index in [4.69, 9.17) is 16.7 Å². The Morgan fingerprint density at radius 3 is 2.28 bits per heavy atom. The predicted octanol–water partition coefficient (Wildman–Crippen LogP) is 4.75. The minimum absolute atomic E-state index is 0.149. The Balaban J connectivity index is 0.000000989. The van der Waals surface area contributed by atoms with Crippen LogP contribution in [0.3, 0.4) is 0 Å². The topological polar surface area (TPSA) is 60.7 Å². The van der Waals surface area contributed by atoms with Gasteiger partial charge in [-0.1, -0.05) is 35.9 Å². The molecule has 2 aromatic rings. The molecule has 0 spiro atoms. The molecular formula is C24H31ClO3S. The van der Waals surface area contributed by atoms with Crippen LogP contribution in [0.5, 0.6) is 0 Å². The number of aliphatic hydroxyl groups excluding tert-OH is 3. The molecule has 158 valence electrons. The number of benzene rings is 2. The van der Waals surface area contributed by atoms with Gasteiger partial charge in [-0.3, -0.25) is 0 Å². The molecule has 0 bridgehead atoms. The monoisotopic (exact) mass is 434 g/mol. The number of halogens is 1. The first-order valence-electron chi connectivity index (χ1n) is 9.57. The zero-order valence-electron chi connectivity index (χ0n) is 17.1. The van der Waals surface area contributed by atoms with Crippen LogP contribution in [0.25, 0.3) is 0 Å². The summed E-state index contributed by atoms with van der Waals surface area (Å²) in [6.07, 6.45) is 13.0. The minimum Gasteiger partial charge on any atom is -0.400 e. The Bertz CT molecular complexity index is 746. The van der Waals surface area contributed by atoms with Crippen LogP contribution in [-0.4, -0.2) is 41.4 Å². The van der Waals surface area contributed by atoms with E-state index in [1.54, 1.807) is 11.8 Å². The van der Waals surface area contributed by atoms with E-state index >= 15 is 0 Å². The minimum atomic E-state index is -0.325. The van der Waals surface area contributed by atoms with Crippen molar-refractivity contribution in [1.82, 2.24) is 0 Å². The first-order chi connectivity index (χ1) is 14.1. The van der Waals surface area contributed by atoms with E-state index in [-0.39, 0.29) is 24.5 Å². The van der Waals surface area contributed by atoms with Crippen molar-refractivity contribution in [2.75, 3.05) is 20.0 Å². The molecule has 0 aromatic heterocycles. The lowest BCUT2D eigenvalue weighted by Crippen LogP contribution is -2.27. The number of aliphatic hydroxyl groups is 3. The SMILES string of the molecule is C#C.CO.CSc1ccc(Cc2cc([C@H]3C[C@@H](O)C[C@@H](CO)C3)ccc2Cl)cc1. The van der Waals surface area contributed by atoms with Crippen molar-refractivity contribution >= 4 is 23.4 Å². The summed E-state index contributed by atoms with van der Waals surface area (Å²) in [7, 11) is 1.00. The van der Waals surface area contributed by atoms with E-state index in [0.29, 0.717) is 6.42 Å². The van der Waals surface area contributed by atoms with Gasteiger partial charge in [-0.05, 0) is 78.7 Å². The third-order valence-electron chi connectivity index (χ3n) is 5.13. The second-order valence-electron chi connectivity index (χ2n) is 6.98. The van der Waals surface area contributed by atoms with Crippen molar-refractivity contribution < 1.29 is 15.3 Å². The first kappa shape index (κ1) is 25.6. The van der Waals surface area contributed by atoms with Gasteiger partial charge in [-0.25, -0.2) is 0 Å². The van der Waals surface area contributed by atoms with Crippen LogP contribution < -0.4 is 0 Å². The van der Waals surface area contributed by atoms with E-state index in [1.165, 1.54) is 16.0 Å². The molecule has 0 saturated heterocycles. The van der Waals surface area contributed by atoms with Crippen molar-refractivity contribution in [2.45, 2.75) is 42.6 Å². The van der Waals surface area contributed by atoms with Crippen molar-refractivity contribution in [3.8, 4) is 12.8 Å². The third-order valence-corrected chi connectivity index (χ3v) is 6.25. The van der Waals surface area contributed by atoms with Gasteiger partial charge >= 0.3 is 0 Å². The zero-order chi connectivity index (χ0) is 21.8. The van der Waals surface area contributed by atoms with Crippen molar-refractivity contribution in [1.29, 1.82) is 0 Å². The molecule has 1 aliphatic carbocycles. The maximum Gasteiger partial charge on any atom is 0.0549 e. The lowest BCUT2D eigenvalue weighted by molar-refractivity contribution is 0.0650. The first-order valence-corrected chi connectivity index (χ1v) is 11.2. The highest BCUT2D eigenvalue weighted by Gasteiger charge is 2.28. The summed E-state index contributed by atoms with van der Waals surface area (Å²) in [5.41, 5.74) is 3.59. The molecular weight excluding hydrogens is 404 g/mol. The second kappa shape index (κ2) is 13.7. The van der Waals surface area contributed by atoms with Gasteiger partial charge < -0.3 is 15.3 Å². The van der Waals surface area contributed by atoms with E-state index in [0.717, 1.165) is 37.0 Å². The van der Waals surface area contributed by atoms with Crippen LogP contribution in [0.4, 0.5) is 0 Å². The van der Waals surface area contributed by atoms with Gasteiger partial charge in [-0.2, -0.15) is 0 Å². The molecule has 1 aliphatic rings. The Morgan fingerprint density at radius 2 is 1.69 bits per heavy atom. The van der Waals surface area contributed by atoms with Crippen LogP contribution >= 0.6 is 23.4 Å². The summed E-state index contributed by atoms with van der Waals surface area (Å²) in [5, 5.41) is 27.4. The van der Waals surface area contributed by atoms with Crippen molar-refractivity contribution in [3.63, 3.8) is 0 Å². The number of thioether (sulfide) groups is 1. The normalized spacial score (nSPS) is 20.6. The summed E-state index contributed by atoms with van der Waals surface area (Å²) in [4.78, 5) is 1.26. The standard InChI is InChI=1S/C21H25ClO2S.C2H2.CH4O/c1-25-20-5-2-14(3-6-20)8-18-11-16(4-7-21(18)22)17-9-15(13-23)10-19(24)12-17;2*1-2/h2-7,11,15,17,19,23-24H,8-10,12-13H2,1H3;1-2H;2H,1H3/t15-,17+,19-;;/m0../s1. The predicted molar refractivity (Wildman–Crippen MR) is 124 cm³/mol. The average molecular weight is 435 g/mol. The van der Waals surface area contributed by atoms with Crippen molar-refractivity contribution in [3.05, 3.63) is 64.2 Å². The molecule has 0 unspecified atom stereocenters. The summed E-state index contributed by atoms with van der Waals surface area (Å²) in [6, 6.07) is 14.8. The number of hydrogen-bond donors (Lipinski definition) is 3. The molecule has 3 N–H and O–H groups in total. The Labute approximate surface area is 184 Å². The maximum absolute atomic E-state index is 10.1. The fraction of sp³-hybridized carbons (Fsp3) is 0.417. The van der Waals surface area contributed by atoms with E-state index in [1.807, 2.05) is 6.07 Å². The highest BCUT2D eigenvalue weighted by Crippen LogP contribution is 2.37. The van der Waals surface area contributed by atoms with Gasteiger partial charge in [0.2, 0.25) is 0 Å². The highest BCUT2D eigenvalue weighted by atomic mass is 35.5. The van der Waals surface area contributed by atoms with Gasteiger partial charge in [0.05, 0.1) is 6.10 Å². The lowest BCUT2D eigenvalue weighted by atomic mass is 9.76. The number of rotatable bonds is 5. The zero-order valence-corrected chi connectivity index (χ0v) is 18.7. The van der Waals surface area contributed by atoms with E-state index in [2.05, 4.69) is 55.5 Å². The molecule has 1 saturated carbocycles. The summed E-state index contributed by atoms with van der Waals surface area (Å²) >= 11 is 8.18. The molecule has 0 radical (unpaired) electrons. The summed E-state index contributed by atoms with van der Waals surface area (Å²) in [6.45, 7) is 0.149. The molecule has 0 aliphatic heterocycles. The lowest BCUT2D eigenvalue weighted by Gasteiger charge is -2.32. The quantitative estimate of drug-likeness (QED) is 0.469. The fourth-order valence-corrected chi connectivity index (χ4v) is 4.37. The molecule has 0 heterocycles. The molecule has 1 fully saturated rings. The Morgan fingerprint density at radius 1 is 1.03 bits per heavy atom. The molecule has 29 heavy (non-hydrogen) atoms. The van der Waals surface area contributed by atoms with Gasteiger partial charge in [0, 0.05) is 23.6 Å². The van der Waals surface area contributed by atoms with Crippen LogP contribution in [0, 0.1) is 18.8 Å². The largest absolute Gasteiger partial charge is 0.400 e. The van der Waals surface area contributed by atoms with Gasteiger partial charge in [0.1, 0.15) is 0 Å².